The molecule has 1 heterocycles. The Balaban J connectivity index is 2.30. The van der Waals surface area contributed by atoms with E-state index in [1.807, 2.05) is 12.1 Å². The molecule has 0 saturated heterocycles. The molecule has 0 radical (unpaired) electrons. The molecule has 2 aromatic rings. The summed E-state index contributed by atoms with van der Waals surface area (Å²) >= 11 is 0. The number of benzene rings is 1. The number of nitrogens with zero attached hydrogens (tertiary/aromatic N) is 3. The van der Waals surface area contributed by atoms with Gasteiger partial charge >= 0.3 is 0 Å². The monoisotopic (exact) mass is 396 g/mol. The maximum atomic E-state index is 11.7. The average molecular weight is 396 g/mol. The first-order chi connectivity index (χ1) is 13.9. The normalized spacial score (nSPS) is 12.9. The van der Waals surface area contributed by atoms with E-state index >= 15 is 0 Å². The zero-order valence-corrected chi connectivity index (χ0v) is 16.2. The van der Waals surface area contributed by atoms with Crippen LogP contribution in [0.3, 0.4) is 0 Å². The largest absolute Gasteiger partial charge is 0.368 e. The topological polar surface area (TPSA) is 172 Å². The van der Waals surface area contributed by atoms with Gasteiger partial charge in [-0.2, -0.15) is 0 Å². The lowest BCUT2D eigenvalue weighted by Gasteiger charge is -2.16. The molecule has 7 N–H and O–H groups in total. The molecule has 0 aliphatic carbocycles. The Kier molecular flexibility index (Phi) is 7.35. The molecule has 0 saturated carbocycles. The minimum Gasteiger partial charge on any atom is -0.368 e. The Morgan fingerprint density at radius 3 is 2.48 bits per heavy atom. The van der Waals surface area contributed by atoms with Crippen molar-refractivity contribution in [3.05, 3.63) is 41.7 Å². The van der Waals surface area contributed by atoms with Crippen LogP contribution in [-0.4, -0.2) is 47.3 Å². The van der Waals surface area contributed by atoms with Crippen LogP contribution in [-0.2, 0) is 4.79 Å². The van der Waals surface area contributed by atoms with Crippen LogP contribution >= 0.6 is 0 Å². The number of hydrogen-bond acceptors (Lipinski definition) is 8. The maximum Gasteiger partial charge on any atom is 0.271 e. The second kappa shape index (κ2) is 9.93. The summed E-state index contributed by atoms with van der Waals surface area (Å²) in [4.78, 5) is 35.5. The fourth-order valence-corrected chi connectivity index (χ4v) is 2.59. The van der Waals surface area contributed by atoms with E-state index in [0.717, 1.165) is 5.56 Å². The van der Waals surface area contributed by atoms with Gasteiger partial charge in [-0.1, -0.05) is 19.1 Å². The van der Waals surface area contributed by atoms with Gasteiger partial charge < -0.3 is 27.5 Å². The predicted molar refractivity (Wildman–Crippen MR) is 113 cm³/mol. The summed E-state index contributed by atoms with van der Waals surface area (Å²) in [5.41, 5.74) is 12.2. The predicted octanol–water partition coefficient (Wildman–Crippen LogP) is 1.43. The van der Waals surface area contributed by atoms with Crippen molar-refractivity contribution in [1.29, 1.82) is 5.41 Å². The molecule has 10 heteroatoms. The van der Waals surface area contributed by atoms with E-state index in [2.05, 4.69) is 25.6 Å². The van der Waals surface area contributed by atoms with Crippen LogP contribution in [0.15, 0.2) is 35.5 Å². The summed E-state index contributed by atoms with van der Waals surface area (Å²) < 4.78 is 0. The number of aliphatic imine (C=N–C) groups is 1. The molecule has 1 unspecified atom stereocenters. The van der Waals surface area contributed by atoms with Crippen molar-refractivity contribution in [3.63, 3.8) is 0 Å². The second-order valence-corrected chi connectivity index (χ2v) is 6.17. The lowest BCUT2D eigenvalue weighted by Crippen LogP contribution is -2.35. The lowest BCUT2D eigenvalue weighted by atomic mass is 10.0. The summed E-state index contributed by atoms with van der Waals surface area (Å²) in [6, 6.07) is 6.60. The smallest absolute Gasteiger partial charge is 0.271 e. The summed E-state index contributed by atoms with van der Waals surface area (Å²) in [5, 5.41) is 13.4. The van der Waals surface area contributed by atoms with E-state index < -0.39 is 17.9 Å². The van der Waals surface area contributed by atoms with Gasteiger partial charge in [0.15, 0.2) is 11.5 Å². The molecule has 0 aliphatic rings. The van der Waals surface area contributed by atoms with Gasteiger partial charge in [0, 0.05) is 25.2 Å². The molecule has 29 heavy (non-hydrogen) atoms. The Hall–Kier alpha value is -3.82. The van der Waals surface area contributed by atoms with Crippen molar-refractivity contribution in [2.45, 2.75) is 25.3 Å². The highest BCUT2D eigenvalue weighted by molar-refractivity contribution is 5.96. The lowest BCUT2D eigenvalue weighted by molar-refractivity contribution is -0.118. The van der Waals surface area contributed by atoms with Crippen molar-refractivity contribution >= 4 is 41.6 Å². The molecule has 0 bridgehead atoms. The highest BCUT2D eigenvalue weighted by Crippen LogP contribution is 2.22. The Morgan fingerprint density at radius 2 is 1.97 bits per heavy atom. The third kappa shape index (κ3) is 5.58. The fraction of sp³-hybridized carbons (Fsp3) is 0.263. The fourth-order valence-electron chi connectivity index (χ4n) is 2.59. The van der Waals surface area contributed by atoms with Crippen molar-refractivity contribution < 1.29 is 9.59 Å². The zero-order valence-electron chi connectivity index (χ0n) is 16.2. The van der Waals surface area contributed by atoms with Crippen LogP contribution in [0.25, 0.3) is 0 Å². The standard InChI is InChI=1S/C19H24N8O2/c1-3-14(17(21)28)26-15-10-24-16(18(22)29)19(27-15)25-13-6-4-11(5-7-13)12(8-20)9-23-2/h4-10,12,14,20H,3H2,1-2H3,(H2,21,28)(H2,22,29)(H2,25,26,27)/t12?,14-/m1/s1. The number of rotatable bonds is 10. The Bertz CT molecular complexity index is 911. The van der Waals surface area contributed by atoms with E-state index in [1.165, 1.54) is 12.4 Å². The number of hydrogen-bond donors (Lipinski definition) is 5. The maximum absolute atomic E-state index is 11.7. The van der Waals surface area contributed by atoms with E-state index in [4.69, 9.17) is 16.9 Å². The zero-order chi connectivity index (χ0) is 21.4. The van der Waals surface area contributed by atoms with Gasteiger partial charge in [-0.3, -0.25) is 14.6 Å². The molecule has 0 fully saturated rings. The van der Waals surface area contributed by atoms with Crippen molar-refractivity contribution in [3.8, 4) is 0 Å². The first-order valence-electron chi connectivity index (χ1n) is 8.92. The van der Waals surface area contributed by atoms with Gasteiger partial charge in [-0.15, -0.1) is 0 Å². The average Bonchev–Trinajstić information content (AvgIpc) is 2.70. The molecular formula is C19H24N8O2. The summed E-state index contributed by atoms with van der Waals surface area (Å²) in [7, 11) is 1.65. The van der Waals surface area contributed by atoms with Crippen molar-refractivity contribution in [2.24, 2.45) is 16.5 Å². The van der Waals surface area contributed by atoms with E-state index in [9.17, 15) is 9.59 Å². The minimum absolute atomic E-state index is 0.0396. The number of nitrogens with one attached hydrogen (secondary N) is 3. The summed E-state index contributed by atoms with van der Waals surface area (Å²) in [6.07, 6.45) is 4.75. The van der Waals surface area contributed by atoms with Gasteiger partial charge in [0.1, 0.15) is 11.9 Å². The number of carbonyl (C=O) groups excluding carboxylic acids is 2. The number of anilines is 3. The van der Waals surface area contributed by atoms with E-state index in [-0.39, 0.29) is 23.2 Å². The van der Waals surface area contributed by atoms with Crippen molar-refractivity contribution in [1.82, 2.24) is 9.97 Å². The molecule has 2 atom stereocenters. The van der Waals surface area contributed by atoms with Gasteiger partial charge in [0.2, 0.25) is 5.91 Å². The first kappa shape index (κ1) is 21.5. The molecule has 152 valence electrons. The van der Waals surface area contributed by atoms with Crippen LogP contribution in [0.1, 0.15) is 35.3 Å². The Morgan fingerprint density at radius 1 is 1.28 bits per heavy atom. The number of primary amides is 2. The molecule has 2 rings (SSSR count). The van der Waals surface area contributed by atoms with Crippen molar-refractivity contribution in [2.75, 3.05) is 17.7 Å². The van der Waals surface area contributed by atoms with E-state index in [0.29, 0.717) is 12.1 Å². The SMILES string of the molecule is CC[C@@H](Nc1cnc(C(N)=O)c(Nc2ccc(C(C=N)C=NC)cc2)n1)C(N)=O. The highest BCUT2D eigenvalue weighted by atomic mass is 16.1. The number of carbonyl (C=O) groups is 2. The highest BCUT2D eigenvalue weighted by Gasteiger charge is 2.17. The molecule has 1 aromatic heterocycles. The minimum atomic E-state index is -0.742. The van der Waals surface area contributed by atoms with Crippen LogP contribution < -0.4 is 22.1 Å². The number of nitrogens with two attached hydrogens (primary N) is 2. The third-order valence-electron chi connectivity index (χ3n) is 4.13. The molecule has 1 aromatic carbocycles. The van der Waals surface area contributed by atoms with Gasteiger partial charge in [-0.25, -0.2) is 9.97 Å². The van der Waals surface area contributed by atoms with E-state index in [1.54, 1.807) is 32.3 Å². The molecule has 0 aliphatic heterocycles. The van der Waals surface area contributed by atoms with Gasteiger partial charge in [0.05, 0.1) is 12.1 Å². The van der Waals surface area contributed by atoms with Gasteiger partial charge in [-0.05, 0) is 24.1 Å². The number of amides is 2. The summed E-state index contributed by atoms with van der Waals surface area (Å²) in [5.74, 6) is -1.05. The molecular weight excluding hydrogens is 372 g/mol. The first-order valence-corrected chi connectivity index (χ1v) is 8.92. The quantitative estimate of drug-likeness (QED) is 0.380. The molecule has 10 nitrogen and oxygen atoms in total. The summed E-state index contributed by atoms with van der Waals surface area (Å²) in [6.45, 7) is 1.80. The van der Waals surface area contributed by atoms with Gasteiger partial charge in [0.25, 0.3) is 5.91 Å². The van der Waals surface area contributed by atoms with Crippen LogP contribution in [0.4, 0.5) is 17.3 Å². The molecule has 2 amide bonds. The van der Waals surface area contributed by atoms with Crippen LogP contribution in [0.5, 0.6) is 0 Å². The number of aromatic nitrogens is 2. The third-order valence-corrected chi connectivity index (χ3v) is 4.13. The molecule has 0 spiro atoms. The Labute approximate surface area is 168 Å². The second-order valence-electron chi connectivity index (χ2n) is 6.17. The van der Waals surface area contributed by atoms with Crippen LogP contribution in [0, 0.1) is 5.41 Å². The van der Waals surface area contributed by atoms with Crippen LogP contribution in [0.2, 0.25) is 0 Å².